The third-order valence-corrected chi connectivity index (χ3v) is 11.4. The van der Waals surface area contributed by atoms with Crippen molar-refractivity contribution in [2.75, 3.05) is 0 Å². The number of carbonyl (C=O) groups is 1. The van der Waals surface area contributed by atoms with E-state index in [9.17, 15) is 30.3 Å². The standard InChI is InChI=1S/C27H46O6/c1-14(25(32)33)5-8-21(29)15(2)18-6-7-19-24-20(13-23(31)27(18,19)4)26(3)10-9-17(28)11-16(26)12-22(24)30/h14-24,28-31H,5-13H2,1-4H3,(H,32,33)/t14?,15-,16?,17?,18+,19-,20-,21?,22?,23?,24-,26-,27+/m0/s1. The molecular weight excluding hydrogens is 420 g/mol. The van der Waals surface area contributed by atoms with Crippen molar-refractivity contribution in [2.45, 2.75) is 110 Å². The van der Waals surface area contributed by atoms with Gasteiger partial charge < -0.3 is 25.5 Å². The molecule has 0 amide bonds. The summed E-state index contributed by atoms with van der Waals surface area (Å²) >= 11 is 0. The van der Waals surface area contributed by atoms with E-state index in [1.807, 2.05) is 0 Å². The summed E-state index contributed by atoms with van der Waals surface area (Å²) in [4.78, 5) is 11.2. The minimum absolute atomic E-state index is 0.0268. The van der Waals surface area contributed by atoms with Crippen molar-refractivity contribution < 1.29 is 30.3 Å². The number of carboxylic acid groups (broad SMARTS) is 1. The number of rotatable bonds is 6. The van der Waals surface area contributed by atoms with Crippen LogP contribution in [-0.2, 0) is 4.79 Å². The van der Waals surface area contributed by atoms with Gasteiger partial charge in [-0.25, -0.2) is 0 Å². The van der Waals surface area contributed by atoms with Gasteiger partial charge in [0.2, 0.25) is 0 Å². The van der Waals surface area contributed by atoms with Gasteiger partial charge in [0.25, 0.3) is 0 Å². The third-order valence-electron chi connectivity index (χ3n) is 11.4. The lowest BCUT2D eigenvalue weighted by atomic mass is 9.43. The Morgan fingerprint density at radius 1 is 0.970 bits per heavy atom. The maximum absolute atomic E-state index is 11.6. The third kappa shape index (κ3) is 4.07. The molecule has 0 heterocycles. The summed E-state index contributed by atoms with van der Waals surface area (Å²) in [6.07, 6.45) is 5.03. The molecule has 33 heavy (non-hydrogen) atoms. The molecule has 0 aliphatic heterocycles. The van der Waals surface area contributed by atoms with E-state index in [4.69, 9.17) is 0 Å². The van der Waals surface area contributed by atoms with Crippen molar-refractivity contribution in [3.63, 3.8) is 0 Å². The van der Waals surface area contributed by atoms with Crippen molar-refractivity contribution in [1.82, 2.24) is 0 Å². The molecule has 4 saturated carbocycles. The lowest BCUT2D eigenvalue weighted by Crippen LogP contribution is -2.62. The molecular formula is C27H46O6. The minimum Gasteiger partial charge on any atom is -0.481 e. The Morgan fingerprint density at radius 3 is 2.33 bits per heavy atom. The van der Waals surface area contributed by atoms with E-state index in [0.717, 1.165) is 38.5 Å². The van der Waals surface area contributed by atoms with Gasteiger partial charge in [0.05, 0.1) is 30.3 Å². The predicted octanol–water partition coefficient (Wildman–Crippen LogP) is 3.45. The van der Waals surface area contributed by atoms with E-state index >= 15 is 0 Å². The van der Waals surface area contributed by atoms with Crippen molar-refractivity contribution in [2.24, 2.45) is 52.3 Å². The molecule has 0 aromatic rings. The highest BCUT2D eigenvalue weighted by Crippen LogP contribution is 2.68. The van der Waals surface area contributed by atoms with Crippen molar-refractivity contribution in [3.05, 3.63) is 0 Å². The molecule has 4 aliphatic carbocycles. The average molecular weight is 467 g/mol. The van der Waals surface area contributed by atoms with Crippen LogP contribution in [0.4, 0.5) is 0 Å². The second kappa shape index (κ2) is 9.07. The summed E-state index contributed by atoms with van der Waals surface area (Å²) in [6.45, 7) is 8.26. The molecule has 13 atom stereocenters. The number of hydrogen-bond acceptors (Lipinski definition) is 5. The lowest BCUT2D eigenvalue weighted by Gasteiger charge is -2.63. The van der Waals surface area contributed by atoms with E-state index in [1.165, 1.54) is 0 Å². The Labute approximate surface area is 198 Å². The molecule has 190 valence electrons. The predicted molar refractivity (Wildman–Crippen MR) is 125 cm³/mol. The molecule has 0 radical (unpaired) electrons. The first-order chi connectivity index (χ1) is 15.4. The summed E-state index contributed by atoms with van der Waals surface area (Å²) in [5.41, 5.74) is -0.292. The summed E-state index contributed by atoms with van der Waals surface area (Å²) in [7, 11) is 0. The summed E-state index contributed by atoms with van der Waals surface area (Å²) in [5, 5.41) is 53.4. The molecule has 6 unspecified atom stereocenters. The first-order valence-electron chi connectivity index (χ1n) is 13.4. The smallest absolute Gasteiger partial charge is 0.306 e. The van der Waals surface area contributed by atoms with E-state index in [2.05, 4.69) is 20.8 Å². The van der Waals surface area contributed by atoms with Gasteiger partial charge in [0, 0.05) is 0 Å². The normalized spacial score (nSPS) is 49.9. The van der Waals surface area contributed by atoms with Crippen LogP contribution in [-0.4, -0.2) is 55.9 Å². The monoisotopic (exact) mass is 466 g/mol. The summed E-state index contributed by atoms with van der Waals surface area (Å²) in [6, 6.07) is 0. The van der Waals surface area contributed by atoms with E-state index in [1.54, 1.807) is 6.92 Å². The SMILES string of the molecule is CC(CCC(O)[C@@H](C)[C@H]1CC[C@H]2[C@@H]3C(O)CC4CC(O)CC[C@]4(C)[C@H]3CC(O)[C@]12C)C(=O)O. The number of aliphatic hydroxyl groups excluding tert-OH is 4. The van der Waals surface area contributed by atoms with Crippen molar-refractivity contribution >= 4 is 5.97 Å². The molecule has 5 N–H and O–H groups in total. The van der Waals surface area contributed by atoms with E-state index < -0.39 is 30.2 Å². The van der Waals surface area contributed by atoms with Gasteiger partial charge in [-0.15, -0.1) is 0 Å². The number of hydrogen-bond donors (Lipinski definition) is 5. The molecule has 6 nitrogen and oxygen atoms in total. The zero-order chi connectivity index (χ0) is 24.3. The number of carboxylic acids is 1. The highest BCUT2D eigenvalue weighted by atomic mass is 16.4. The Morgan fingerprint density at radius 2 is 1.67 bits per heavy atom. The van der Waals surface area contributed by atoms with Gasteiger partial charge >= 0.3 is 5.97 Å². The van der Waals surface area contributed by atoms with Crippen LogP contribution in [0.2, 0.25) is 0 Å². The summed E-state index contributed by atoms with van der Waals surface area (Å²) in [5.74, 6) is -0.213. The first kappa shape index (κ1) is 25.4. The Balaban J connectivity index is 1.54. The average Bonchev–Trinajstić information content (AvgIpc) is 3.11. The topological polar surface area (TPSA) is 118 Å². The summed E-state index contributed by atoms with van der Waals surface area (Å²) < 4.78 is 0. The van der Waals surface area contributed by atoms with Crippen molar-refractivity contribution in [3.8, 4) is 0 Å². The molecule has 4 rings (SSSR count). The zero-order valence-electron chi connectivity index (χ0n) is 20.9. The molecule has 4 fully saturated rings. The molecule has 0 spiro atoms. The molecule has 0 bridgehead atoms. The molecule has 0 aromatic carbocycles. The number of aliphatic hydroxyl groups is 4. The molecule has 4 aliphatic rings. The van der Waals surface area contributed by atoms with Crippen molar-refractivity contribution in [1.29, 1.82) is 0 Å². The molecule has 0 aromatic heterocycles. The van der Waals surface area contributed by atoms with Gasteiger partial charge in [-0.3, -0.25) is 4.79 Å². The molecule has 0 saturated heterocycles. The Bertz CT molecular complexity index is 727. The van der Waals surface area contributed by atoms with Gasteiger partial charge in [-0.1, -0.05) is 27.7 Å². The maximum Gasteiger partial charge on any atom is 0.306 e. The number of aliphatic carboxylic acids is 1. The largest absolute Gasteiger partial charge is 0.481 e. The van der Waals surface area contributed by atoms with Gasteiger partial charge in [-0.2, -0.15) is 0 Å². The maximum atomic E-state index is 11.6. The van der Waals surface area contributed by atoms with Crippen LogP contribution in [0.5, 0.6) is 0 Å². The lowest BCUT2D eigenvalue weighted by molar-refractivity contribution is -0.208. The van der Waals surface area contributed by atoms with E-state index in [-0.39, 0.29) is 46.5 Å². The van der Waals surface area contributed by atoms with Crippen LogP contribution in [0.1, 0.15) is 85.5 Å². The fourth-order valence-electron chi connectivity index (χ4n) is 9.14. The van der Waals surface area contributed by atoms with Crippen LogP contribution in [0.3, 0.4) is 0 Å². The first-order valence-corrected chi connectivity index (χ1v) is 13.4. The van der Waals surface area contributed by atoms with Crippen LogP contribution < -0.4 is 0 Å². The Kier molecular flexibility index (Phi) is 6.98. The van der Waals surface area contributed by atoms with Gasteiger partial charge in [0.1, 0.15) is 0 Å². The molecule has 6 heteroatoms. The van der Waals surface area contributed by atoms with Crippen LogP contribution in [0.15, 0.2) is 0 Å². The van der Waals surface area contributed by atoms with Crippen LogP contribution >= 0.6 is 0 Å². The Hall–Kier alpha value is -0.690. The second-order valence-electron chi connectivity index (χ2n) is 12.8. The fraction of sp³-hybridized carbons (Fsp3) is 0.963. The fourth-order valence-corrected chi connectivity index (χ4v) is 9.14. The van der Waals surface area contributed by atoms with Gasteiger partial charge in [-0.05, 0) is 104 Å². The highest BCUT2D eigenvalue weighted by molar-refractivity contribution is 5.69. The van der Waals surface area contributed by atoms with Crippen LogP contribution in [0, 0.1) is 52.3 Å². The van der Waals surface area contributed by atoms with Gasteiger partial charge in [0.15, 0.2) is 0 Å². The van der Waals surface area contributed by atoms with Crippen LogP contribution in [0.25, 0.3) is 0 Å². The highest BCUT2D eigenvalue weighted by Gasteiger charge is 2.66. The minimum atomic E-state index is -0.829. The van der Waals surface area contributed by atoms with E-state index in [0.29, 0.717) is 25.2 Å². The zero-order valence-corrected chi connectivity index (χ0v) is 20.9. The second-order valence-corrected chi connectivity index (χ2v) is 12.8. The quantitative estimate of drug-likeness (QED) is 0.409. The number of fused-ring (bicyclic) bond motifs is 5.